The van der Waals surface area contributed by atoms with Gasteiger partial charge in [-0.2, -0.15) is 0 Å². The minimum absolute atomic E-state index is 0.00897. The second-order valence-electron chi connectivity index (χ2n) is 9.87. The quantitative estimate of drug-likeness (QED) is 0.390. The monoisotopic (exact) mass is 569 g/mol. The number of carbonyl (C=O) groups excluding carboxylic acids is 1. The van der Waals surface area contributed by atoms with Crippen LogP contribution in [0.25, 0.3) is 10.9 Å². The molecule has 3 aliphatic heterocycles. The maximum atomic E-state index is 13.7. The molecule has 40 heavy (non-hydrogen) atoms. The molecule has 0 saturated carbocycles. The third kappa shape index (κ3) is 6.18. The lowest BCUT2D eigenvalue weighted by Gasteiger charge is -2.24. The first-order valence-corrected chi connectivity index (χ1v) is 13.6. The molecule has 1 aromatic heterocycles. The lowest BCUT2D eigenvalue weighted by molar-refractivity contribution is -0.116. The van der Waals surface area contributed by atoms with Crippen LogP contribution in [0.15, 0.2) is 48.8 Å². The van der Waals surface area contributed by atoms with Gasteiger partial charge in [0, 0.05) is 49.3 Å². The molecule has 3 saturated heterocycles. The van der Waals surface area contributed by atoms with E-state index in [0.29, 0.717) is 66.8 Å². The summed E-state index contributed by atoms with van der Waals surface area (Å²) in [6, 6.07) is 7.85. The minimum atomic E-state index is -0.514. The molecule has 3 atom stereocenters. The Balaban J connectivity index is 1.21. The van der Waals surface area contributed by atoms with E-state index in [1.54, 1.807) is 18.2 Å². The highest BCUT2D eigenvalue weighted by Crippen LogP contribution is 2.35. The zero-order valence-corrected chi connectivity index (χ0v) is 22.4. The van der Waals surface area contributed by atoms with Crippen LogP contribution < -0.4 is 15.4 Å². The van der Waals surface area contributed by atoms with Crippen molar-refractivity contribution in [2.24, 2.45) is 0 Å². The molecule has 0 radical (unpaired) electrons. The van der Waals surface area contributed by atoms with Crippen molar-refractivity contribution in [3.05, 3.63) is 59.7 Å². The van der Waals surface area contributed by atoms with Crippen LogP contribution >= 0.6 is 11.6 Å². The van der Waals surface area contributed by atoms with Crippen LogP contribution in [-0.4, -0.2) is 85.1 Å². The fourth-order valence-corrected chi connectivity index (χ4v) is 5.23. The van der Waals surface area contributed by atoms with E-state index >= 15 is 0 Å². The van der Waals surface area contributed by atoms with Gasteiger partial charge in [-0.25, -0.2) is 14.4 Å². The molecule has 0 spiro atoms. The van der Waals surface area contributed by atoms with Crippen molar-refractivity contribution in [1.82, 2.24) is 14.9 Å². The van der Waals surface area contributed by atoms with Crippen molar-refractivity contribution < 1.29 is 28.1 Å². The Labute approximate surface area is 235 Å². The summed E-state index contributed by atoms with van der Waals surface area (Å²) in [6.07, 6.45) is 5.55. The van der Waals surface area contributed by atoms with Crippen LogP contribution in [0.2, 0.25) is 5.02 Å². The molecule has 2 aromatic carbocycles. The summed E-state index contributed by atoms with van der Waals surface area (Å²) < 4.78 is 36.9. The number of benzene rings is 2. The summed E-state index contributed by atoms with van der Waals surface area (Å²) in [7, 11) is 0. The minimum Gasteiger partial charge on any atom is -0.486 e. The number of ether oxygens (including phenoxy) is 4. The van der Waals surface area contributed by atoms with Crippen molar-refractivity contribution in [2.45, 2.75) is 24.7 Å². The molecular formula is C28H29ClFN5O5. The van der Waals surface area contributed by atoms with Gasteiger partial charge in [-0.1, -0.05) is 17.7 Å². The van der Waals surface area contributed by atoms with Gasteiger partial charge in [-0.15, -0.1) is 0 Å². The third-order valence-corrected chi connectivity index (χ3v) is 7.32. The molecule has 10 nitrogen and oxygen atoms in total. The van der Waals surface area contributed by atoms with E-state index in [9.17, 15) is 9.18 Å². The van der Waals surface area contributed by atoms with E-state index in [-0.39, 0.29) is 29.2 Å². The van der Waals surface area contributed by atoms with E-state index in [4.69, 9.17) is 30.5 Å². The van der Waals surface area contributed by atoms with Gasteiger partial charge in [0.1, 0.15) is 29.8 Å². The number of likely N-dealkylation sites (tertiary alicyclic amines) is 1. The van der Waals surface area contributed by atoms with Gasteiger partial charge in [-0.3, -0.25) is 9.69 Å². The average Bonchev–Trinajstić information content (AvgIpc) is 3.61. The Morgan fingerprint density at radius 2 is 1.98 bits per heavy atom. The topological polar surface area (TPSA) is 107 Å². The first kappa shape index (κ1) is 26.9. The van der Waals surface area contributed by atoms with Crippen molar-refractivity contribution in [3.8, 4) is 5.75 Å². The highest BCUT2D eigenvalue weighted by atomic mass is 35.5. The largest absolute Gasteiger partial charge is 0.486 e. The summed E-state index contributed by atoms with van der Waals surface area (Å²) in [5.41, 5.74) is 1.63. The van der Waals surface area contributed by atoms with Gasteiger partial charge in [0.25, 0.3) is 0 Å². The Hall–Kier alpha value is -3.35. The molecule has 3 aliphatic rings. The van der Waals surface area contributed by atoms with Gasteiger partial charge < -0.3 is 29.6 Å². The van der Waals surface area contributed by atoms with E-state index in [0.717, 1.165) is 19.5 Å². The first-order chi connectivity index (χ1) is 19.5. The standard InChI is InChI=1S/C28H29ClFN5O5/c29-20-10-17(3-4-21(20)30)33-28-19-11-23(24(12-22(19)31-16-32-28)40-18-5-7-37-15-18)34-27(36)2-1-6-35-13-25-26(14-35)39-9-8-38-25/h1-4,10-12,16,18,25-26H,5-9,13-15H2,(H,34,36)(H,31,32,33)/t18-,25-,26+/m0/s1. The average molecular weight is 570 g/mol. The molecule has 6 rings (SSSR count). The second kappa shape index (κ2) is 12.0. The first-order valence-electron chi connectivity index (χ1n) is 13.2. The molecule has 0 unspecified atom stereocenters. The summed E-state index contributed by atoms with van der Waals surface area (Å²) in [5.74, 6) is 0.138. The van der Waals surface area contributed by atoms with Crippen LogP contribution in [0.3, 0.4) is 0 Å². The number of amides is 1. The predicted octanol–water partition coefficient (Wildman–Crippen LogP) is 3.93. The van der Waals surface area contributed by atoms with Crippen LogP contribution in [0.1, 0.15) is 6.42 Å². The number of halogens is 2. The van der Waals surface area contributed by atoms with Gasteiger partial charge in [0.2, 0.25) is 5.91 Å². The van der Waals surface area contributed by atoms with E-state index in [1.807, 2.05) is 6.08 Å². The lowest BCUT2D eigenvalue weighted by Crippen LogP contribution is -2.36. The normalized spacial score (nSPS) is 23.0. The fourth-order valence-electron chi connectivity index (χ4n) is 5.04. The molecule has 3 aromatic rings. The summed E-state index contributed by atoms with van der Waals surface area (Å²) in [6.45, 7) is 4.49. The number of hydrogen-bond acceptors (Lipinski definition) is 9. The van der Waals surface area contributed by atoms with Crippen molar-refractivity contribution in [2.75, 3.05) is 56.7 Å². The highest BCUT2D eigenvalue weighted by Gasteiger charge is 2.35. The van der Waals surface area contributed by atoms with Crippen LogP contribution in [0.4, 0.5) is 21.6 Å². The number of fused-ring (bicyclic) bond motifs is 2. The molecule has 210 valence electrons. The number of anilines is 3. The zero-order valence-electron chi connectivity index (χ0n) is 21.6. The molecule has 4 heterocycles. The summed E-state index contributed by atoms with van der Waals surface area (Å²) in [5, 5.41) is 6.73. The molecule has 2 N–H and O–H groups in total. The number of nitrogens with zero attached hydrogens (tertiary/aromatic N) is 3. The zero-order chi connectivity index (χ0) is 27.5. The SMILES string of the molecule is O=C(C=CCN1C[C@@H]2OCCO[C@@H]2C1)Nc1cc2c(Nc3ccc(F)c(Cl)c3)ncnc2cc1O[C@H]1CCOC1. The van der Waals surface area contributed by atoms with Crippen molar-refractivity contribution >= 4 is 45.6 Å². The van der Waals surface area contributed by atoms with Crippen LogP contribution in [-0.2, 0) is 19.0 Å². The number of hydrogen-bond donors (Lipinski definition) is 2. The smallest absolute Gasteiger partial charge is 0.248 e. The van der Waals surface area contributed by atoms with Crippen LogP contribution in [0, 0.1) is 5.82 Å². The maximum absolute atomic E-state index is 13.7. The lowest BCUT2D eigenvalue weighted by atomic mass is 10.1. The Morgan fingerprint density at radius 3 is 2.73 bits per heavy atom. The van der Waals surface area contributed by atoms with Gasteiger partial charge in [-0.05, 0) is 24.3 Å². The van der Waals surface area contributed by atoms with E-state index in [1.165, 1.54) is 24.5 Å². The summed E-state index contributed by atoms with van der Waals surface area (Å²) in [4.78, 5) is 23.9. The number of carbonyl (C=O) groups is 1. The fraction of sp³-hybridized carbons (Fsp3) is 0.393. The maximum Gasteiger partial charge on any atom is 0.248 e. The van der Waals surface area contributed by atoms with E-state index in [2.05, 4.69) is 25.5 Å². The molecule has 3 fully saturated rings. The molecular weight excluding hydrogens is 541 g/mol. The van der Waals surface area contributed by atoms with Gasteiger partial charge in [0.15, 0.2) is 0 Å². The molecule has 12 heteroatoms. The van der Waals surface area contributed by atoms with Gasteiger partial charge in [0.05, 0.1) is 54.9 Å². The van der Waals surface area contributed by atoms with E-state index < -0.39 is 5.82 Å². The van der Waals surface area contributed by atoms with Crippen molar-refractivity contribution in [1.29, 1.82) is 0 Å². The predicted molar refractivity (Wildman–Crippen MR) is 148 cm³/mol. The Kier molecular flexibility index (Phi) is 8.08. The van der Waals surface area contributed by atoms with Crippen LogP contribution in [0.5, 0.6) is 5.75 Å². The molecule has 1 amide bonds. The second-order valence-corrected chi connectivity index (χ2v) is 10.3. The number of aromatic nitrogens is 2. The van der Waals surface area contributed by atoms with Gasteiger partial charge >= 0.3 is 0 Å². The molecule has 0 bridgehead atoms. The number of rotatable bonds is 8. The highest BCUT2D eigenvalue weighted by molar-refractivity contribution is 6.31. The Bertz CT molecular complexity index is 1410. The third-order valence-electron chi connectivity index (χ3n) is 7.03. The number of nitrogens with one attached hydrogen (secondary N) is 2. The van der Waals surface area contributed by atoms with Crippen molar-refractivity contribution in [3.63, 3.8) is 0 Å². The Morgan fingerprint density at radius 1 is 1.15 bits per heavy atom. The summed E-state index contributed by atoms with van der Waals surface area (Å²) >= 11 is 5.95. The molecule has 0 aliphatic carbocycles.